The number of carbonyl (C=O) groups is 1. The number of halogens is 1. The second-order valence-electron chi connectivity index (χ2n) is 5.82. The first-order valence-electron chi connectivity index (χ1n) is 7.96. The van der Waals surface area contributed by atoms with Crippen LogP contribution >= 0.6 is 11.6 Å². The Balaban J connectivity index is 1.54. The van der Waals surface area contributed by atoms with Crippen LogP contribution in [-0.4, -0.2) is 34.7 Å². The van der Waals surface area contributed by atoms with Gasteiger partial charge in [0.25, 0.3) is 0 Å². The molecule has 0 saturated heterocycles. The molecule has 0 aliphatic heterocycles. The molecule has 1 aromatic heterocycles. The fraction of sp³-hybridized carbons (Fsp3) is 0.625. The van der Waals surface area contributed by atoms with E-state index in [1.165, 1.54) is 0 Å². The highest BCUT2D eigenvalue weighted by atomic mass is 35.5. The van der Waals surface area contributed by atoms with Crippen LogP contribution in [0.3, 0.4) is 0 Å². The van der Waals surface area contributed by atoms with Gasteiger partial charge in [0.1, 0.15) is 5.82 Å². The third kappa shape index (κ3) is 6.20. The van der Waals surface area contributed by atoms with E-state index in [0.717, 1.165) is 50.9 Å². The van der Waals surface area contributed by atoms with Crippen molar-refractivity contribution in [2.24, 2.45) is 0 Å². The number of pyridine rings is 1. The number of nitrogens with zero attached hydrogens (tertiary/aromatic N) is 1. The number of aliphatic hydroxyl groups excluding tert-OH is 1. The number of hydrogen-bond donors (Lipinski definition) is 3. The Labute approximate surface area is 136 Å². The van der Waals surface area contributed by atoms with E-state index in [4.69, 9.17) is 11.6 Å². The van der Waals surface area contributed by atoms with E-state index in [2.05, 4.69) is 15.6 Å². The van der Waals surface area contributed by atoms with Crippen LogP contribution in [0.4, 0.5) is 5.82 Å². The third-order valence-electron chi connectivity index (χ3n) is 3.92. The molecule has 1 saturated carbocycles. The summed E-state index contributed by atoms with van der Waals surface area (Å²) in [4.78, 5) is 16.0. The average Bonchev–Trinajstić information content (AvgIpc) is 2.49. The largest absolute Gasteiger partial charge is 0.393 e. The average molecular weight is 326 g/mol. The first-order chi connectivity index (χ1) is 10.6. The SMILES string of the molecule is O=C(CCCCNc1cc(Cl)ccn1)NC1CCC(O)CC1. The van der Waals surface area contributed by atoms with Crippen LogP contribution in [-0.2, 0) is 4.79 Å². The van der Waals surface area contributed by atoms with Gasteiger partial charge in [-0.2, -0.15) is 0 Å². The van der Waals surface area contributed by atoms with E-state index in [1.807, 2.05) is 0 Å². The Hall–Kier alpha value is -1.33. The summed E-state index contributed by atoms with van der Waals surface area (Å²) < 4.78 is 0. The highest BCUT2D eigenvalue weighted by Gasteiger charge is 2.20. The predicted octanol–water partition coefficient (Wildman–Crippen LogP) is 2.74. The molecule has 0 radical (unpaired) electrons. The molecule has 1 fully saturated rings. The molecule has 1 aromatic rings. The Morgan fingerprint density at radius 2 is 2.09 bits per heavy atom. The molecule has 1 aliphatic rings. The molecular weight excluding hydrogens is 302 g/mol. The zero-order chi connectivity index (χ0) is 15.8. The van der Waals surface area contributed by atoms with E-state index in [1.54, 1.807) is 18.3 Å². The topological polar surface area (TPSA) is 74.2 Å². The van der Waals surface area contributed by atoms with Gasteiger partial charge in [-0.15, -0.1) is 0 Å². The van der Waals surface area contributed by atoms with Crippen molar-refractivity contribution in [3.63, 3.8) is 0 Å². The summed E-state index contributed by atoms with van der Waals surface area (Å²) in [6.07, 6.45) is 7.13. The summed E-state index contributed by atoms with van der Waals surface area (Å²) in [5, 5.41) is 16.3. The monoisotopic (exact) mass is 325 g/mol. The number of rotatable bonds is 7. The van der Waals surface area contributed by atoms with Crippen LogP contribution in [0.15, 0.2) is 18.3 Å². The first kappa shape index (κ1) is 17.0. The molecule has 0 bridgehead atoms. The molecule has 122 valence electrons. The second-order valence-corrected chi connectivity index (χ2v) is 6.25. The molecule has 2 rings (SSSR count). The first-order valence-corrected chi connectivity index (χ1v) is 8.34. The zero-order valence-corrected chi connectivity index (χ0v) is 13.5. The Bertz CT molecular complexity index is 476. The molecular formula is C16H24ClN3O2. The number of anilines is 1. The van der Waals surface area contributed by atoms with Gasteiger partial charge < -0.3 is 15.7 Å². The van der Waals surface area contributed by atoms with Crippen LogP contribution in [0, 0.1) is 0 Å². The van der Waals surface area contributed by atoms with Crippen molar-refractivity contribution in [3.8, 4) is 0 Å². The minimum atomic E-state index is -0.181. The van der Waals surface area contributed by atoms with E-state index >= 15 is 0 Å². The van der Waals surface area contributed by atoms with Crippen LogP contribution in [0.25, 0.3) is 0 Å². The quantitative estimate of drug-likeness (QED) is 0.674. The zero-order valence-electron chi connectivity index (χ0n) is 12.7. The molecule has 1 heterocycles. The normalized spacial score (nSPS) is 21.4. The molecule has 0 atom stereocenters. The molecule has 0 spiro atoms. The fourth-order valence-electron chi connectivity index (χ4n) is 2.65. The number of unbranched alkanes of at least 4 members (excludes halogenated alkanes) is 1. The standard InChI is InChI=1S/C16H24ClN3O2/c17-12-8-10-19-15(11-12)18-9-2-1-3-16(22)20-13-4-6-14(21)7-5-13/h8,10-11,13-14,21H,1-7,9H2,(H,18,19)(H,20,22). The van der Waals surface area contributed by atoms with Crippen molar-refractivity contribution in [2.75, 3.05) is 11.9 Å². The Kier molecular flexibility index (Phi) is 6.93. The number of aliphatic hydroxyl groups is 1. The lowest BCUT2D eigenvalue weighted by Gasteiger charge is -2.26. The van der Waals surface area contributed by atoms with Gasteiger partial charge in [-0.3, -0.25) is 4.79 Å². The van der Waals surface area contributed by atoms with Crippen LogP contribution < -0.4 is 10.6 Å². The maximum atomic E-state index is 11.8. The maximum absolute atomic E-state index is 11.8. The molecule has 1 amide bonds. The summed E-state index contributed by atoms with van der Waals surface area (Å²) in [5.41, 5.74) is 0. The summed E-state index contributed by atoms with van der Waals surface area (Å²) >= 11 is 5.88. The molecule has 0 aromatic carbocycles. The molecule has 0 unspecified atom stereocenters. The molecule has 6 heteroatoms. The third-order valence-corrected chi connectivity index (χ3v) is 4.16. The van der Waals surface area contributed by atoms with E-state index in [0.29, 0.717) is 11.4 Å². The van der Waals surface area contributed by atoms with Gasteiger partial charge in [0, 0.05) is 30.2 Å². The van der Waals surface area contributed by atoms with Crippen molar-refractivity contribution in [3.05, 3.63) is 23.4 Å². The summed E-state index contributed by atoms with van der Waals surface area (Å²) in [5.74, 6) is 0.875. The predicted molar refractivity (Wildman–Crippen MR) is 88.0 cm³/mol. The van der Waals surface area contributed by atoms with E-state index in [9.17, 15) is 9.90 Å². The summed E-state index contributed by atoms with van der Waals surface area (Å²) in [7, 11) is 0. The number of hydrogen-bond acceptors (Lipinski definition) is 4. The summed E-state index contributed by atoms with van der Waals surface area (Å²) in [6, 6.07) is 3.76. The highest BCUT2D eigenvalue weighted by molar-refractivity contribution is 6.30. The van der Waals surface area contributed by atoms with Crippen molar-refractivity contribution < 1.29 is 9.90 Å². The van der Waals surface area contributed by atoms with Gasteiger partial charge >= 0.3 is 0 Å². The highest BCUT2D eigenvalue weighted by Crippen LogP contribution is 2.18. The Morgan fingerprint density at radius 3 is 2.82 bits per heavy atom. The van der Waals surface area contributed by atoms with Crippen LogP contribution in [0.5, 0.6) is 0 Å². The molecule has 5 nitrogen and oxygen atoms in total. The van der Waals surface area contributed by atoms with Crippen molar-refractivity contribution in [1.29, 1.82) is 0 Å². The van der Waals surface area contributed by atoms with Gasteiger partial charge in [0.05, 0.1) is 6.10 Å². The molecule has 3 N–H and O–H groups in total. The molecule has 1 aliphatic carbocycles. The Morgan fingerprint density at radius 1 is 1.32 bits per heavy atom. The van der Waals surface area contributed by atoms with Crippen molar-refractivity contribution in [2.45, 2.75) is 57.1 Å². The fourth-order valence-corrected chi connectivity index (χ4v) is 2.81. The number of amides is 1. The van der Waals surface area contributed by atoms with Crippen LogP contribution in [0.1, 0.15) is 44.9 Å². The number of aromatic nitrogens is 1. The lowest BCUT2D eigenvalue weighted by Crippen LogP contribution is -2.38. The van der Waals surface area contributed by atoms with Gasteiger partial charge in [0.2, 0.25) is 5.91 Å². The van der Waals surface area contributed by atoms with E-state index < -0.39 is 0 Å². The minimum absolute atomic E-state index is 0.113. The number of carbonyl (C=O) groups excluding carboxylic acids is 1. The van der Waals surface area contributed by atoms with Gasteiger partial charge in [-0.05, 0) is 50.7 Å². The smallest absolute Gasteiger partial charge is 0.220 e. The molecule has 22 heavy (non-hydrogen) atoms. The van der Waals surface area contributed by atoms with Crippen molar-refractivity contribution in [1.82, 2.24) is 10.3 Å². The van der Waals surface area contributed by atoms with Gasteiger partial charge in [0.15, 0.2) is 0 Å². The van der Waals surface area contributed by atoms with Gasteiger partial charge in [-0.25, -0.2) is 4.98 Å². The summed E-state index contributed by atoms with van der Waals surface area (Å²) in [6.45, 7) is 0.774. The lowest BCUT2D eigenvalue weighted by molar-refractivity contribution is -0.122. The lowest BCUT2D eigenvalue weighted by atomic mass is 9.93. The van der Waals surface area contributed by atoms with Crippen molar-refractivity contribution >= 4 is 23.3 Å². The minimum Gasteiger partial charge on any atom is -0.393 e. The maximum Gasteiger partial charge on any atom is 0.220 e. The second kappa shape index (κ2) is 8.96. The van der Waals surface area contributed by atoms with E-state index in [-0.39, 0.29) is 18.1 Å². The van der Waals surface area contributed by atoms with Gasteiger partial charge in [-0.1, -0.05) is 11.6 Å². The number of nitrogens with one attached hydrogen (secondary N) is 2. The van der Waals surface area contributed by atoms with Crippen LogP contribution in [0.2, 0.25) is 5.02 Å².